The minimum absolute atomic E-state index is 0.0128. The third kappa shape index (κ3) is 4.84. The summed E-state index contributed by atoms with van der Waals surface area (Å²) in [6, 6.07) is 0. The summed E-state index contributed by atoms with van der Waals surface area (Å²) in [7, 11) is 0. The molecule has 2 heteroatoms. The molecular formula is C14H27NO. The predicted molar refractivity (Wildman–Crippen MR) is 67.1 cm³/mol. The third-order valence-corrected chi connectivity index (χ3v) is 4.08. The van der Waals surface area contributed by atoms with E-state index < -0.39 is 0 Å². The van der Waals surface area contributed by atoms with E-state index in [-0.39, 0.29) is 6.23 Å². The van der Waals surface area contributed by atoms with Crippen molar-refractivity contribution in [2.24, 2.45) is 17.6 Å². The van der Waals surface area contributed by atoms with Crippen molar-refractivity contribution >= 4 is 0 Å². The van der Waals surface area contributed by atoms with Crippen molar-refractivity contribution in [3.8, 4) is 0 Å². The summed E-state index contributed by atoms with van der Waals surface area (Å²) in [5.41, 5.74) is 5.91. The van der Waals surface area contributed by atoms with E-state index in [1.54, 1.807) is 0 Å². The monoisotopic (exact) mass is 225 g/mol. The summed E-state index contributed by atoms with van der Waals surface area (Å²) in [5, 5.41) is 0. The Morgan fingerprint density at radius 3 is 2.44 bits per heavy atom. The van der Waals surface area contributed by atoms with E-state index >= 15 is 0 Å². The third-order valence-electron chi connectivity index (χ3n) is 4.08. The number of rotatable bonds is 7. The molecule has 1 atom stereocenters. The molecule has 94 valence electrons. The standard InChI is InChI=1S/C14H27NO/c15-14(11-13-8-9-13)16-10-4-7-12-5-2-1-3-6-12/h12-14H,1-11,15H2. The highest BCUT2D eigenvalue weighted by Crippen LogP contribution is 2.33. The fourth-order valence-corrected chi connectivity index (χ4v) is 2.83. The van der Waals surface area contributed by atoms with E-state index in [0.717, 1.165) is 24.9 Å². The molecule has 2 nitrogen and oxygen atoms in total. The van der Waals surface area contributed by atoms with Gasteiger partial charge in [-0.25, -0.2) is 0 Å². The highest BCUT2D eigenvalue weighted by Gasteiger charge is 2.24. The lowest BCUT2D eigenvalue weighted by atomic mass is 9.86. The minimum Gasteiger partial charge on any atom is -0.364 e. The van der Waals surface area contributed by atoms with Crippen LogP contribution in [0.4, 0.5) is 0 Å². The second-order valence-electron chi connectivity index (χ2n) is 5.73. The Morgan fingerprint density at radius 1 is 1.00 bits per heavy atom. The maximum absolute atomic E-state index is 5.91. The molecule has 2 saturated carbocycles. The van der Waals surface area contributed by atoms with E-state index in [4.69, 9.17) is 10.5 Å². The van der Waals surface area contributed by atoms with Gasteiger partial charge in [-0.05, 0) is 31.1 Å². The van der Waals surface area contributed by atoms with Crippen LogP contribution < -0.4 is 5.73 Å². The van der Waals surface area contributed by atoms with Crippen LogP contribution in [0.5, 0.6) is 0 Å². The lowest BCUT2D eigenvalue weighted by Gasteiger charge is -2.21. The lowest BCUT2D eigenvalue weighted by Crippen LogP contribution is -2.25. The molecule has 0 amide bonds. The first kappa shape index (κ1) is 12.4. The molecule has 2 aliphatic carbocycles. The zero-order valence-corrected chi connectivity index (χ0v) is 10.5. The SMILES string of the molecule is NC(CC1CC1)OCCCC1CCCCC1. The quantitative estimate of drug-likeness (QED) is 0.532. The molecule has 0 aromatic heterocycles. The van der Waals surface area contributed by atoms with E-state index in [9.17, 15) is 0 Å². The number of nitrogens with two attached hydrogens (primary N) is 1. The Bertz CT molecular complexity index is 185. The van der Waals surface area contributed by atoms with Crippen molar-refractivity contribution in [2.75, 3.05) is 6.61 Å². The maximum Gasteiger partial charge on any atom is 0.105 e. The smallest absolute Gasteiger partial charge is 0.105 e. The fraction of sp³-hybridized carbons (Fsp3) is 1.00. The van der Waals surface area contributed by atoms with E-state index in [1.807, 2.05) is 0 Å². The predicted octanol–water partition coefficient (Wildman–Crippen LogP) is 3.45. The molecule has 0 heterocycles. The van der Waals surface area contributed by atoms with Gasteiger partial charge in [0.05, 0.1) is 0 Å². The molecule has 0 aromatic rings. The number of hydrogen-bond acceptors (Lipinski definition) is 2. The van der Waals surface area contributed by atoms with E-state index in [2.05, 4.69) is 0 Å². The van der Waals surface area contributed by atoms with Gasteiger partial charge in [-0.1, -0.05) is 44.9 Å². The molecule has 1 unspecified atom stereocenters. The van der Waals surface area contributed by atoms with Crippen LogP contribution in [0.3, 0.4) is 0 Å². The first-order valence-corrected chi connectivity index (χ1v) is 7.22. The Hall–Kier alpha value is -0.0800. The molecular weight excluding hydrogens is 198 g/mol. The molecule has 0 aliphatic heterocycles. The van der Waals surface area contributed by atoms with Gasteiger partial charge in [-0.3, -0.25) is 0 Å². The average molecular weight is 225 g/mol. The summed E-state index contributed by atoms with van der Waals surface area (Å²) in [5.74, 6) is 1.87. The molecule has 16 heavy (non-hydrogen) atoms. The van der Waals surface area contributed by atoms with Crippen LogP contribution in [0.15, 0.2) is 0 Å². The summed E-state index contributed by atoms with van der Waals surface area (Å²) in [4.78, 5) is 0. The Balaban J connectivity index is 1.44. The summed E-state index contributed by atoms with van der Waals surface area (Å²) >= 11 is 0. The second kappa shape index (κ2) is 6.61. The Labute approximate surface area is 99.9 Å². The highest BCUT2D eigenvalue weighted by atomic mass is 16.5. The van der Waals surface area contributed by atoms with Crippen LogP contribution in [0.25, 0.3) is 0 Å². The van der Waals surface area contributed by atoms with E-state index in [1.165, 1.54) is 57.8 Å². The van der Waals surface area contributed by atoms with Gasteiger partial charge >= 0.3 is 0 Å². The van der Waals surface area contributed by atoms with Gasteiger partial charge in [0.1, 0.15) is 6.23 Å². The molecule has 2 aliphatic rings. The largest absolute Gasteiger partial charge is 0.364 e. The fourth-order valence-electron chi connectivity index (χ4n) is 2.83. The van der Waals surface area contributed by atoms with Crippen molar-refractivity contribution in [3.05, 3.63) is 0 Å². The molecule has 0 bridgehead atoms. The van der Waals surface area contributed by atoms with Gasteiger partial charge in [-0.2, -0.15) is 0 Å². The molecule has 2 N–H and O–H groups in total. The zero-order valence-electron chi connectivity index (χ0n) is 10.5. The van der Waals surface area contributed by atoms with Gasteiger partial charge < -0.3 is 10.5 Å². The summed E-state index contributed by atoms with van der Waals surface area (Å²) < 4.78 is 5.66. The molecule has 2 rings (SSSR count). The topological polar surface area (TPSA) is 35.2 Å². The van der Waals surface area contributed by atoms with Crippen LogP contribution in [-0.4, -0.2) is 12.8 Å². The van der Waals surface area contributed by atoms with Crippen molar-refractivity contribution < 1.29 is 4.74 Å². The van der Waals surface area contributed by atoms with Crippen molar-refractivity contribution in [2.45, 2.75) is 70.4 Å². The number of ether oxygens (including phenoxy) is 1. The summed E-state index contributed by atoms with van der Waals surface area (Å²) in [6.45, 7) is 0.879. The van der Waals surface area contributed by atoms with Crippen LogP contribution >= 0.6 is 0 Å². The van der Waals surface area contributed by atoms with E-state index in [0.29, 0.717) is 0 Å². The Morgan fingerprint density at radius 2 is 1.75 bits per heavy atom. The molecule has 0 radical (unpaired) electrons. The van der Waals surface area contributed by atoms with Crippen molar-refractivity contribution in [1.82, 2.24) is 0 Å². The molecule has 0 saturated heterocycles. The lowest BCUT2D eigenvalue weighted by molar-refractivity contribution is 0.0432. The van der Waals surface area contributed by atoms with Crippen molar-refractivity contribution in [1.29, 1.82) is 0 Å². The molecule has 2 fully saturated rings. The zero-order chi connectivity index (χ0) is 11.2. The van der Waals surface area contributed by atoms with Crippen LogP contribution in [0.2, 0.25) is 0 Å². The van der Waals surface area contributed by atoms with Gasteiger partial charge in [-0.15, -0.1) is 0 Å². The Kier molecular flexibility index (Phi) is 5.11. The summed E-state index contributed by atoms with van der Waals surface area (Å²) in [6.07, 6.45) is 13.7. The number of hydrogen-bond donors (Lipinski definition) is 1. The molecule has 0 spiro atoms. The van der Waals surface area contributed by atoms with Crippen LogP contribution in [0.1, 0.15) is 64.2 Å². The second-order valence-corrected chi connectivity index (χ2v) is 5.73. The maximum atomic E-state index is 5.91. The van der Waals surface area contributed by atoms with Gasteiger partial charge in [0.25, 0.3) is 0 Å². The first-order chi connectivity index (χ1) is 7.84. The normalized spacial score (nSPS) is 24.6. The average Bonchev–Trinajstić information content (AvgIpc) is 3.10. The molecule has 0 aromatic carbocycles. The highest BCUT2D eigenvalue weighted by molar-refractivity contribution is 4.75. The minimum atomic E-state index is 0.0128. The van der Waals surface area contributed by atoms with Crippen LogP contribution in [0, 0.1) is 11.8 Å². The van der Waals surface area contributed by atoms with Gasteiger partial charge in [0.2, 0.25) is 0 Å². The first-order valence-electron chi connectivity index (χ1n) is 7.22. The van der Waals surface area contributed by atoms with Crippen molar-refractivity contribution in [3.63, 3.8) is 0 Å². The van der Waals surface area contributed by atoms with Crippen LogP contribution in [-0.2, 0) is 4.74 Å². The van der Waals surface area contributed by atoms with Gasteiger partial charge in [0.15, 0.2) is 0 Å². The van der Waals surface area contributed by atoms with Gasteiger partial charge in [0, 0.05) is 6.61 Å².